The van der Waals surface area contributed by atoms with Gasteiger partial charge in [0.25, 0.3) is 0 Å². The van der Waals surface area contributed by atoms with E-state index in [1.807, 2.05) is 0 Å². The molecule has 0 aromatic heterocycles. The van der Waals surface area contributed by atoms with Crippen LogP contribution < -0.4 is 0 Å². The van der Waals surface area contributed by atoms with Crippen molar-refractivity contribution in [1.82, 2.24) is 0 Å². The van der Waals surface area contributed by atoms with Gasteiger partial charge in [-0.25, -0.2) is 0 Å². The third kappa shape index (κ3) is 17.5. The van der Waals surface area contributed by atoms with Gasteiger partial charge in [-0.3, -0.25) is 0 Å². The van der Waals surface area contributed by atoms with Crippen molar-refractivity contribution in [3.63, 3.8) is 0 Å². The molecule has 600 valence electrons. The number of fused-ring (bicyclic) bond motifs is 5. The molecule has 0 bridgehead atoms. The highest BCUT2D eigenvalue weighted by atomic mass is 16.8. The van der Waals surface area contributed by atoms with Crippen molar-refractivity contribution in [1.29, 1.82) is 0 Å². The summed E-state index contributed by atoms with van der Waals surface area (Å²) in [6, 6.07) is 0. The molecule has 4 saturated carbocycles. The number of aliphatic hydroxyl groups is 21. The zero-order valence-electron chi connectivity index (χ0n) is 58.6. The highest BCUT2D eigenvalue weighted by Gasteiger charge is 2.67. The summed E-state index contributed by atoms with van der Waals surface area (Å²) in [5.74, 6) is 0.469. The largest absolute Gasteiger partial charge is 0.394 e. The molecule has 12 unspecified atom stereocenters. The maximum atomic E-state index is 11.4. The second-order valence-corrected chi connectivity index (χ2v) is 30.3. The minimum atomic E-state index is -1.86. The van der Waals surface area contributed by atoms with Crippen LogP contribution in [0.5, 0.6) is 0 Å². The molecule has 6 saturated heterocycles. The number of unbranched alkanes of at least 4 members (excludes halogenated alkanes) is 1. The summed E-state index contributed by atoms with van der Waals surface area (Å²) in [6.07, 6.45) is -42.4. The van der Waals surface area contributed by atoms with Gasteiger partial charge in [0, 0.05) is 5.41 Å². The summed E-state index contributed by atoms with van der Waals surface area (Å²) in [5, 5.41) is 222. The van der Waals surface area contributed by atoms with E-state index in [0.717, 1.165) is 38.5 Å². The van der Waals surface area contributed by atoms with Gasteiger partial charge in [-0.15, -0.1) is 0 Å². The van der Waals surface area contributed by atoms with Crippen LogP contribution in [0.15, 0.2) is 0 Å². The highest BCUT2D eigenvalue weighted by molar-refractivity contribution is 5.15. The van der Waals surface area contributed by atoms with E-state index in [1.165, 1.54) is 0 Å². The van der Waals surface area contributed by atoms with Crippen LogP contribution in [0.3, 0.4) is 0 Å². The molecule has 36 heteroatoms. The molecule has 4 aliphatic carbocycles. The van der Waals surface area contributed by atoms with Gasteiger partial charge >= 0.3 is 0 Å². The van der Waals surface area contributed by atoms with Crippen molar-refractivity contribution in [2.75, 3.05) is 79.3 Å². The Hall–Kier alpha value is -1.44. The Morgan fingerprint density at radius 3 is 1.15 bits per heavy atom. The molecule has 21 N–H and O–H groups in total. The first-order valence-corrected chi connectivity index (χ1v) is 36.6. The van der Waals surface area contributed by atoms with Gasteiger partial charge in [0.1, 0.15) is 146 Å². The van der Waals surface area contributed by atoms with Crippen molar-refractivity contribution < 1.29 is 178 Å². The third-order valence-corrected chi connectivity index (χ3v) is 24.4. The number of rotatable bonds is 31. The molecule has 6 aliphatic heterocycles. The molecule has 41 atom stereocenters. The Kier molecular flexibility index (Phi) is 30.0. The Bertz CT molecular complexity index is 2530. The second kappa shape index (κ2) is 36.8. The summed E-state index contributed by atoms with van der Waals surface area (Å²) in [4.78, 5) is 0. The maximum Gasteiger partial charge on any atom is 0.187 e. The fourth-order valence-corrected chi connectivity index (χ4v) is 18.5. The van der Waals surface area contributed by atoms with E-state index in [-0.39, 0.29) is 93.0 Å². The SMILES string of the molecule is CCCC[C@@H](C)[C@H]1CC[C@H]2[C@@H]3[C@H](OCCO[C@@H]4OC(CO)[C@@H](O[C@H]5OC(CO)[C@@H](O)C(O)[C@@H]5O)C(O)[C@@H]4O)C[C@@H]4C[C@H](OCCO[C@@H]5OC(CO)[C@@H](O[C@H]6OC(CO)[C@@H](O)C(O)[C@@H]6O)C(O)[C@@H]5O)CC[C@]4(C)[C@H]3C[C@H](OCCO[C@@H]3OC(CO)[C@@H](O[C@H]4OC(CO)[C@@H](O)[C@H](O)C4O)C(O)[C@@H]3O)[C@]12C. The lowest BCUT2D eigenvalue weighted by atomic mass is 9.43. The predicted octanol–water partition coefficient (Wildman–Crippen LogP) is -8.23. The minimum Gasteiger partial charge on any atom is -0.394 e. The molecule has 0 aromatic rings. The van der Waals surface area contributed by atoms with E-state index >= 15 is 0 Å². The zero-order valence-corrected chi connectivity index (χ0v) is 58.6. The Morgan fingerprint density at radius 2 is 0.748 bits per heavy atom. The van der Waals surface area contributed by atoms with E-state index < -0.39 is 229 Å². The number of hydrogen-bond acceptors (Lipinski definition) is 36. The zero-order chi connectivity index (χ0) is 74.7. The first kappa shape index (κ1) is 84.0. The van der Waals surface area contributed by atoms with Gasteiger partial charge in [0.05, 0.1) is 97.6 Å². The molecule has 0 radical (unpaired) electrons. The van der Waals surface area contributed by atoms with Crippen LogP contribution >= 0.6 is 0 Å². The van der Waals surface area contributed by atoms with Crippen molar-refractivity contribution >= 4 is 0 Å². The van der Waals surface area contributed by atoms with Gasteiger partial charge in [0.2, 0.25) is 0 Å². The third-order valence-electron chi connectivity index (χ3n) is 24.4. The van der Waals surface area contributed by atoms with Crippen LogP contribution in [0.4, 0.5) is 0 Å². The van der Waals surface area contributed by atoms with Crippen LogP contribution in [0.2, 0.25) is 0 Å². The van der Waals surface area contributed by atoms with Crippen LogP contribution in [0.1, 0.15) is 91.9 Å². The molecule has 6 heterocycles. The molecule has 36 nitrogen and oxygen atoms in total. The quantitative estimate of drug-likeness (QED) is 0.0287. The van der Waals surface area contributed by atoms with E-state index in [2.05, 4.69) is 27.7 Å². The topological polar surface area (TPSA) is 563 Å². The van der Waals surface area contributed by atoms with Crippen LogP contribution in [-0.2, 0) is 71.1 Å². The molecule has 0 amide bonds. The van der Waals surface area contributed by atoms with Gasteiger partial charge < -0.3 is 178 Å². The summed E-state index contributed by atoms with van der Waals surface area (Å²) in [5.41, 5.74) is -0.755. The predicted molar refractivity (Wildman–Crippen MR) is 341 cm³/mol. The lowest BCUT2D eigenvalue weighted by Crippen LogP contribution is -2.64. The standard InChI is InChI=1S/C67H116O36/c1-5-6-7-27(2)30-8-9-31-41-32(20-40(67(30,31)4)91-14-17-94-62-56(88)50(82)59(39(26-73)100-62)103-65-53(85)47(79)44(76)36(23-70)97-65)66(3)11-10-29(89-12-15-92-60-54(86)48(80)57(37(24-71)98-60)101-63-51(83)45(77)42(74)34(21-68)95-63)18-28(66)19-33(41)90-13-16-93-61-55(87)49(81)58(38(25-72)99-61)102-64-52(84)46(78)43(75)35(22-69)96-64/h27-65,68-88H,5-26H2,1-4H3/t27-,28+,29-,30-,31+,32+,33-,34?,35?,36?,37?,38?,39?,40+,41+,42-,43-,44-,45?,46?,47+,48?,49?,50?,51+,52+,53?,54+,55+,56+,57-,58-,59-,60-,61-,62-,63-,64-,65-,66+,67-/m1/s1. The average molecular weight is 1500 g/mol. The van der Waals surface area contributed by atoms with Crippen molar-refractivity contribution in [2.45, 2.75) is 294 Å². The fraction of sp³-hybridized carbons (Fsp3) is 1.00. The molecular formula is C67H116O36. The van der Waals surface area contributed by atoms with Gasteiger partial charge in [-0.05, 0) is 85.9 Å². The van der Waals surface area contributed by atoms with Crippen LogP contribution in [0, 0.1) is 46.3 Å². The Morgan fingerprint density at radius 1 is 0.379 bits per heavy atom. The average Bonchev–Trinajstić information content (AvgIpc) is 1.65. The second-order valence-electron chi connectivity index (χ2n) is 30.3. The smallest absolute Gasteiger partial charge is 0.187 e. The maximum absolute atomic E-state index is 11.4. The molecular weight excluding hydrogens is 1380 g/mol. The van der Waals surface area contributed by atoms with E-state index in [4.69, 9.17) is 71.1 Å². The van der Waals surface area contributed by atoms with Crippen molar-refractivity contribution in [2.24, 2.45) is 46.3 Å². The first-order chi connectivity index (χ1) is 49.1. The number of aliphatic hydroxyl groups excluding tert-OH is 21. The summed E-state index contributed by atoms with van der Waals surface area (Å²) < 4.78 is 90.2. The van der Waals surface area contributed by atoms with Crippen molar-refractivity contribution in [3.05, 3.63) is 0 Å². The highest BCUT2D eigenvalue weighted by Crippen LogP contribution is 2.69. The lowest BCUT2D eigenvalue weighted by Gasteiger charge is -2.64. The fourth-order valence-electron chi connectivity index (χ4n) is 18.5. The first-order valence-electron chi connectivity index (χ1n) is 36.6. The molecule has 10 fully saturated rings. The number of hydrogen-bond donors (Lipinski definition) is 21. The lowest BCUT2D eigenvalue weighted by molar-refractivity contribution is -0.360. The van der Waals surface area contributed by atoms with Crippen LogP contribution in [0.25, 0.3) is 0 Å². The molecule has 103 heavy (non-hydrogen) atoms. The Labute approximate surface area is 596 Å². The van der Waals surface area contributed by atoms with Gasteiger partial charge in [-0.2, -0.15) is 0 Å². The van der Waals surface area contributed by atoms with Crippen LogP contribution in [-0.4, -0.2) is 389 Å². The molecule has 0 spiro atoms. The monoisotopic (exact) mass is 1500 g/mol. The Balaban J connectivity index is 0.826. The minimum absolute atomic E-state index is 0.00526. The molecule has 0 aromatic carbocycles. The number of ether oxygens (including phenoxy) is 15. The summed E-state index contributed by atoms with van der Waals surface area (Å²) in [6.45, 7) is 4.05. The molecule has 10 rings (SSSR count). The summed E-state index contributed by atoms with van der Waals surface area (Å²) in [7, 11) is 0. The van der Waals surface area contributed by atoms with Gasteiger partial charge in [0.15, 0.2) is 37.7 Å². The van der Waals surface area contributed by atoms with E-state index in [9.17, 15) is 107 Å². The van der Waals surface area contributed by atoms with E-state index in [0.29, 0.717) is 31.6 Å². The van der Waals surface area contributed by atoms with Gasteiger partial charge in [-0.1, -0.05) is 47.0 Å². The van der Waals surface area contributed by atoms with E-state index in [1.54, 1.807) is 0 Å². The molecule has 10 aliphatic rings. The summed E-state index contributed by atoms with van der Waals surface area (Å²) >= 11 is 0. The normalized spacial score (nSPS) is 50.7. The van der Waals surface area contributed by atoms with Crippen molar-refractivity contribution in [3.8, 4) is 0 Å².